The molecule has 0 saturated heterocycles. The average Bonchev–Trinajstić information content (AvgIpc) is 2.91. The van der Waals surface area contributed by atoms with Gasteiger partial charge in [-0.3, -0.25) is 9.48 Å². The van der Waals surface area contributed by atoms with Crippen molar-refractivity contribution in [3.63, 3.8) is 0 Å². The number of hydrogen-bond donors (Lipinski definition) is 0. The lowest BCUT2D eigenvalue weighted by Gasteiger charge is -2.34. The molecule has 0 fully saturated rings. The van der Waals surface area contributed by atoms with Gasteiger partial charge in [-0.15, -0.1) is 16.7 Å². The highest BCUT2D eigenvalue weighted by atomic mass is 35.5. The summed E-state index contributed by atoms with van der Waals surface area (Å²) in [6.45, 7) is 6.67. The summed E-state index contributed by atoms with van der Waals surface area (Å²) in [5, 5.41) is 8.04. The van der Waals surface area contributed by atoms with Gasteiger partial charge in [-0.25, -0.2) is 0 Å². The Labute approximate surface area is 142 Å². The van der Waals surface area contributed by atoms with Gasteiger partial charge in [-0.05, 0) is 18.4 Å². The normalized spacial score (nSPS) is 12.4. The Bertz CT molecular complexity index is 668. The molecule has 1 aromatic heterocycles. The minimum Gasteiger partial charge on any atom is -0.328 e. The van der Waals surface area contributed by atoms with Crippen molar-refractivity contribution in [2.45, 2.75) is 33.4 Å². The van der Waals surface area contributed by atoms with Crippen LogP contribution >= 0.6 is 11.6 Å². The highest BCUT2D eigenvalue weighted by molar-refractivity contribution is 6.27. The zero-order valence-electron chi connectivity index (χ0n) is 14.0. The van der Waals surface area contributed by atoms with Crippen molar-refractivity contribution in [3.05, 3.63) is 47.3 Å². The molecule has 1 unspecified atom stereocenters. The van der Waals surface area contributed by atoms with Crippen molar-refractivity contribution < 1.29 is 4.79 Å². The van der Waals surface area contributed by atoms with E-state index < -0.39 is 0 Å². The maximum atomic E-state index is 12.5. The van der Waals surface area contributed by atoms with Gasteiger partial charge in [0.2, 0.25) is 5.91 Å². The molecule has 0 spiro atoms. The van der Waals surface area contributed by atoms with E-state index in [1.807, 2.05) is 19.3 Å². The fourth-order valence-corrected chi connectivity index (χ4v) is 2.99. The van der Waals surface area contributed by atoms with Crippen LogP contribution < -0.4 is 0 Å². The van der Waals surface area contributed by atoms with Gasteiger partial charge >= 0.3 is 0 Å². The van der Waals surface area contributed by atoms with Gasteiger partial charge in [0.15, 0.2) is 0 Å². The summed E-state index contributed by atoms with van der Waals surface area (Å²) in [6, 6.07) is 8.20. The molecule has 2 aromatic rings. The van der Waals surface area contributed by atoms with Gasteiger partial charge in [-0.1, -0.05) is 48.9 Å². The van der Waals surface area contributed by atoms with Crippen LogP contribution in [0.2, 0.25) is 0 Å². The minimum absolute atomic E-state index is 0.0463. The number of aryl methyl sites for hydroxylation is 2. The monoisotopic (exact) mass is 334 g/mol. The molecular formula is C17H23ClN4O. The molecule has 5 nitrogen and oxygen atoms in total. The van der Waals surface area contributed by atoms with Crippen LogP contribution in [0.15, 0.2) is 30.5 Å². The number of nitrogens with zero attached hydrogens (tertiary/aromatic N) is 4. The first-order chi connectivity index (χ1) is 10.9. The van der Waals surface area contributed by atoms with Crippen molar-refractivity contribution in [1.82, 2.24) is 19.9 Å². The third kappa shape index (κ3) is 4.32. The molecule has 1 amide bonds. The van der Waals surface area contributed by atoms with E-state index in [2.05, 4.69) is 49.3 Å². The molecule has 2 rings (SSSR count). The van der Waals surface area contributed by atoms with Crippen LogP contribution in [0.1, 0.15) is 36.7 Å². The Morgan fingerprint density at radius 3 is 2.65 bits per heavy atom. The van der Waals surface area contributed by atoms with E-state index in [9.17, 15) is 4.79 Å². The van der Waals surface area contributed by atoms with E-state index in [1.165, 1.54) is 5.56 Å². The Hall–Kier alpha value is -1.88. The summed E-state index contributed by atoms with van der Waals surface area (Å²) < 4.78 is 1.63. The lowest BCUT2D eigenvalue weighted by Crippen LogP contribution is -2.38. The second kappa shape index (κ2) is 7.59. The van der Waals surface area contributed by atoms with Crippen LogP contribution in [0, 0.1) is 12.8 Å². The zero-order chi connectivity index (χ0) is 17.0. The van der Waals surface area contributed by atoms with Crippen molar-refractivity contribution >= 4 is 17.5 Å². The fraction of sp³-hybridized carbons (Fsp3) is 0.471. The third-order valence-corrected chi connectivity index (χ3v) is 4.00. The second-order valence-corrected chi connectivity index (χ2v) is 6.41. The molecule has 0 radical (unpaired) electrons. The summed E-state index contributed by atoms with van der Waals surface area (Å²) >= 11 is 5.85. The van der Waals surface area contributed by atoms with E-state index in [0.29, 0.717) is 6.54 Å². The van der Waals surface area contributed by atoms with Crippen LogP contribution in [0.3, 0.4) is 0 Å². The van der Waals surface area contributed by atoms with Crippen LogP contribution in [-0.4, -0.2) is 31.7 Å². The quantitative estimate of drug-likeness (QED) is 0.763. The number of aromatic nitrogens is 3. The molecule has 23 heavy (non-hydrogen) atoms. The largest absolute Gasteiger partial charge is 0.328 e. The summed E-state index contributed by atoms with van der Waals surface area (Å²) in [4.78, 5) is 14.3. The molecule has 1 aromatic carbocycles. The van der Waals surface area contributed by atoms with Gasteiger partial charge in [0.05, 0.1) is 12.6 Å². The summed E-state index contributed by atoms with van der Waals surface area (Å²) in [5.74, 6) is 0.105. The van der Waals surface area contributed by atoms with Gasteiger partial charge < -0.3 is 4.90 Å². The molecule has 1 heterocycles. The van der Waals surface area contributed by atoms with E-state index in [0.717, 1.165) is 11.3 Å². The molecule has 0 saturated carbocycles. The Balaban J connectivity index is 2.38. The molecule has 0 aliphatic carbocycles. The number of carbonyl (C=O) groups excluding carboxylic acids is 1. The SMILES string of the molecule is Cc1cccc(C(C(C)C)N(Cc2cn(C)nn2)C(=O)CCl)c1. The average molecular weight is 335 g/mol. The molecule has 0 N–H and O–H groups in total. The fourth-order valence-electron chi connectivity index (χ4n) is 2.84. The minimum atomic E-state index is -0.0995. The van der Waals surface area contributed by atoms with Crippen molar-refractivity contribution in [1.29, 1.82) is 0 Å². The summed E-state index contributed by atoms with van der Waals surface area (Å²) in [7, 11) is 1.81. The first kappa shape index (κ1) is 17.5. The Morgan fingerprint density at radius 1 is 1.39 bits per heavy atom. The van der Waals surface area contributed by atoms with Crippen LogP contribution in [-0.2, 0) is 18.4 Å². The lowest BCUT2D eigenvalue weighted by molar-refractivity contribution is -0.132. The van der Waals surface area contributed by atoms with Crippen LogP contribution in [0.4, 0.5) is 0 Å². The number of hydrogen-bond acceptors (Lipinski definition) is 3. The zero-order valence-corrected chi connectivity index (χ0v) is 14.8. The van der Waals surface area contributed by atoms with E-state index in [1.54, 1.807) is 9.58 Å². The van der Waals surface area contributed by atoms with Crippen molar-refractivity contribution in [3.8, 4) is 0 Å². The molecule has 1 atom stereocenters. The topological polar surface area (TPSA) is 51.0 Å². The molecular weight excluding hydrogens is 312 g/mol. The first-order valence-corrected chi connectivity index (χ1v) is 8.23. The van der Waals surface area contributed by atoms with Gasteiger partial charge in [-0.2, -0.15) is 0 Å². The summed E-state index contributed by atoms with van der Waals surface area (Å²) in [5.41, 5.74) is 3.04. The maximum Gasteiger partial charge on any atom is 0.238 e. The predicted octanol–water partition coefficient (Wildman–Crippen LogP) is 3.09. The third-order valence-electron chi connectivity index (χ3n) is 3.77. The van der Waals surface area contributed by atoms with E-state index in [4.69, 9.17) is 11.6 Å². The molecule has 6 heteroatoms. The highest BCUT2D eigenvalue weighted by Gasteiger charge is 2.28. The molecule has 0 bridgehead atoms. The van der Waals surface area contributed by atoms with E-state index >= 15 is 0 Å². The number of carbonyl (C=O) groups is 1. The van der Waals surface area contributed by atoms with E-state index in [-0.39, 0.29) is 23.7 Å². The lowest BCUT2D eigenvalue weighted by atomic mass is 9.93. The second-order valence-electron chi connectivity index (χ2n) is 6.14. The summed E-state index contributed by atoms with van der Waals surface area (Å²) in [6.07, 6.45) is 1.82. The van der Waals surface area contributed by atoms with Crippen LogP contribution in [0.5, 0.6) is 0 Å². The molecule has 0 aliphatic rings. The maximum absolute atomic E-state index is 12.5. The smallest absolute Gasteiger partial charge is 0.238 e. The Morgan fingerprint density at radius 2 is 2.13 bits per heavy atom. The van der Waals surface area contributed by atoms with Crippen molar-refractivity contribution in [2.75, 3.05) is 5.88 Å². The standard InChI is InChI=1S/C17H23ClN4O/c1-12(2)17(14-7-5-6-13(3)8-14)22(16(23)9-18)11-15-10-21(4)20-19-15/h5-8,10,12,17H,9,11H2,1-4H3. The number of halogens is 1. The van der Waals surface area contributed by atoms with Gasteiger partial charge in [0, 0.05) is 13.2 Å². The highest BCUT2D eigenvalue weighted by Crippen LogP contribution is 2.30. The van der Waals surface area contributed by atoms with Crippen LogP contribution in [0.25, 0.3) is 0 Å². The predicted molar refractivity (Wildman–Crippen MR) is 91.0 cm³/mol. The number of benzene rings is 1. The Kier molecular flexibility index (Phi) is 5.77. The number of alkyl halides is 1. The van der Waals surface area contributed by atoms with Gasteiger partial charge in [0.25, 0.3) is 0 Å². The van der Waals surface area contributed by atoms with Gasteiger partial charge in [0.1, 0.15) is 11.6 Å². The number of rotatable bonds is 6. The molecule has 0 aliphatic heterocycles. The molecule has 124 valence electrons. The first-order valence-electron chi connectivity index (χ1n) is 7.69. The number of amides is 1. The van der Waals surface area contributed by atoms with Crippen molar-refractivity contribution in [2.24, 2.45) is 13.0 Å².